The molecular weight excluding hydrogens is 214 g/mol. The Morgan fingerprint density at radius 1 is 1.42 bits per heavy atom. The van der Waals surface area contributed by atoms with Gasteiger partial charge in [0.15, 0.2) is 0 Å². The fraction of sp³-hybridized carbons (Fsp3) is 0.100. The molecule has 0 fully saturated rings. The van der Waals surface area contributed by atoms with Crippen LogP contribution in [-0.4, -0.2) is 0 Å². The van der Waals surface area contributed by atoms with Crippen molar-refractivity contribution < 1.29 is 0 Å². The van der Waals surface area contributed by atoms with Gasteiger partial charge in [-0.3, -0.25) is 0 Å². The van der Waals surface area contributed by atoms with E-state index >= 15 is 0 Å². The lowest BCUT2D eigenvalue weighted by Gasteiger charge is -1.89. The minimum atomic E-state index is 0.284. The Kier molecular flexibility index (Phi) is 3.38. The van der Waals surface area contributed by atoms with E-state index in [1.807, 2.05) is 30.3 Å². The first-order chi connectivity index (χ1) is 5.83. The molecule has 0 saturated heterocycles. The minimum absolute atomic E-state index is 0.284. The average Bonchev–Trinajstić information content (AvgIpc) is 2.05. The average molecular weight is 220 g/mol. The molecule has 0 amide bonds. The Morgan fingerprint density at radius 3 is 2.92 bits per heavy atom. The van der Waals surface area contributed by atoms with Gasteiger partial charge in [0.25, 0.3) is 0 Å². The van der Waals surface area contributed by atoms with E-state index in [0.29, 0.717) is 0 Å². The second-order valence-electron chi connectivity index (χ2n) is 2.15. The van der Waals surface area contributed by atoms with Crippen LogP contribution in [0.5, 0.6) is 0 Å². The number of nitrogens with zero attached hydrogens (tertiary/aromatic N) is 1. The fourth-order valence-corrected chi connectivity index (χ4v) is 1.15. The summed E-state index contributed by atoms with van der Waals surface area (Å²) in [4.78, 5) is 0. The molecule has 0 unspecified atom stereocenters. The maximum atomic E-state index is 8.24. The van der Waals surface area contributed by atoms with Crippen molar-refractivity contribution in [1.82, 2.24) is 0 Å². The molecule has 1 nitrogen and oxygen atoms in total. The van der Waals surface area contributed by atoms with Crippen molar-refractivity contribution in [3.8, 4) is 17.9 Å². The quantitative estimate of drug-likeness (QED) is 0.616. The molecule has 0 bridgehead atoms. The smallest absolute Gasteiger partial charge is 0.0966 e. The molecule has 58 valence electrons. The highest BCUT2D eigenvalue weighted by Crippen LogP contribution is 2.10. The van der Waals surface area contributed by atoms with Crippen LogP contribution in [-0.2, 0) is 0 Å². The number of hydrogen-bond acceptors (Lipinski definition) is 1. The topological polar surface area (TPSA) is 23.8 Å². The molecule has 1 aromatic carbocycles. The first-order valence-corrected chi connectivity index (χ1v) is 4.23. The van der Waals surface area contributed by atoms with Crippen LogP contribution in [0, 0.1) is 23.2 Å². The summed E-state index contributed by atoms with van der Waals surface area (Å²) in [6.07, 6.45) is 0.284. The number of rotatable bonds is 0. The van der Waals surface area contributed by atoms with Crippen molar-refractivity contribution in [3.05, 3.63) is 34.3 Å². The second-order valence-corrected chi connectivity index (χ2v) is 3.06. The van der Waals surface area contributed by atoms with Gasteiger partial charge in [0.05, 0.1) is 12.5 Å². The van der Waals surface area contributed by atoms with Gasteiger partial charge >= 0.3 is 0 Å². The van der Waals surface area contributed by atoms with Crippen LogP contribution < -0.4 is 0 Å². The number of halogens is 1. The van der Waals surface area contributed by atoms with Gasteiger partial charge in [-0.25, -0.2) is 0 Å². The maximum absolute atomic E-state index is 8.24. The fourth-order valence-electron chi connectivity index (χ4n) is 0.752. The largest absolute Gasteiger partial charge is 0.197 e. The Labute approximate surface area is 80.2 Å². The van der Waals surface area contributed by atoms with Crippen molar-refractivity contribution in [2.24, 2.45) is 0 Å². The van der Waals surface area contributed by atoms with Crippen molar-refractivity contribution in [2.75, 3.05) is 0 Å². The minimum Gasteiger partial charge on any atom is -0.197 e. The van der Waals surface area contributed by atoms with Gasteiger partial charge in [0.2, 0.25) is 0 Å². The van der Waals surface area contributed by atoms with E-state index in [9.17, 15) is 0 Å². The molecule has 0 spiro atoms. The highest BCUT2D eigenvalue weighted by atomic mass is 79.9. The highest BCUT2D eigenvalue weighted by molar-refractivity contribution is 9.10. The molecule has 0 aromatic heterocycles. The maximum Gasteiger partial charge on any atom is 0.0966 e. The van der Waals surface area contributed by atoms with E-state index in [2.05, 4.69) is 27.8 Å². The normalized spacial score (nSPS) is 8.00. The van der Waals surface area contributed by atoms with Crippen molar-refractivity contribution in [3.63, 3.8) is 0 Å². The summed E-state index contributed by atoms with van der Waals surface area (Å²) < 4.78 is 1.01. The predicted octanol–water partition coefficient (Wildman–Crippen LogP) is 2.71. The van der Waals surface area contributed by atoms with Gasteiger partial charge in [-0.1, -0.05) is 33.8 Å². The lowest BCUT2D eigenvalue weighted by atomic mass is 10.2. The summed E-state index contributed by atoms with van der Waals surface area (Å²) in [5.41, 5.74) is 0.930. The molecule has 0 saturated carbocycles. The summed E-state index contributed by atoms with van der Waals surface area (Å²) in [6, 6.07) is 9.66. The summed E-state index contributed by atoms with van der Waals surface area (Å²) in [5.74, 6) is 5.63. The molecule has 0 N–H and O–H groups in total. The van der Waals surface area contributed by atoms with Gasteiger partial charge in [0.1, 0.15) is 0 Å². The van der Waals surface area contributed by atoms with Crippen molar-refractivity contribution in [2.45, 2.75) is 6.42 Å². The van der Waals surface area contributed by atoms with E-state index < -0.39 is 0 Å². The molecule has 0 aliphatic heterocycles. The zero-order valence-electron chi connectivity index (χ0n) is 6.34. The van der Waals surface area contributed by atoms with Gasteiger partial charge in [-0.05, 0) is 18.2 Å². The molecular formula is C10H6BrN. The first-order valence-electron chi connectivity index (χ1n) is 3.44. The zero-order chi connectivity index (χ0) is 8.81. The van der Waals surface area contributed by atoms with Gasteiger partial charge in [0, 0.05) is 10.0 Å². The van der Waals surface area contributed by atoms with Crippen LogP contribution in [0.4, 0.5) is 0 Å². The Balaban J connectivity index is 2.79. The highest BCUT2D eigenvalue weighted by Gasteiger charge is 1.86. The van der Waals surface area contributed by atoms with Crippen LogP contribution in [0.3, 0.4) is 0 Å². The lowest BCUT2D eigenvalue weighted by Crippen LogP contribution is -1.72. The van der Waals surface area contributed by atoms with E-state index in [0.717, 1.165) is 10.0 Å². The molecule has 0 aliphatic carbocycles. The van der Waals surface area contributed by atoms with E-state index in [-0.39, 0.29) is 6.42 Å². The van der Waals surface area contributed by atoms with Gasteiger partial charge in [-0.2, -0.15) is 5.26 Å². The third-order valence-corrected chi connectivity index (χ3v) is 1.72. The molecule has 2 heteroatoms. The van der Waals surface area contributed by atoms with Gasteiger partial charge < -0.3 is 0 Å². The van der Waals surface area contributed by atoms with Crippen molar-refractivity contribution >= 4 is 15.9 Å². The van der Waals surface area contributed by atoms with E-state index in [1.165, 1.54) is 0 Å². The van der Waals surface area contributed by atoms with Crippen LogP contribution >= 0.6 is 15.9 Å². The molecule has 0 heterocycles. The molecule has 12 heavy (non-hydrogen) atoms. The van der Waals surface area contributed by atoms with E-state index in [1.54, 1.807) is 0 Å². The third-order valence-electron chi connectivity index (χ3n) is 1.22. The molecule has 1 rings (SSSR count). The first kappa shape index (κ1) is 8.84. The second kappa shape index (κ2) is 4.59. The monoisotopic (exact) mass is 219 g/mol. The summed E-state index contributed by atoms with van der Waals surface area (Å²) in [5, 5.41) is 8.24. The molecule has 0 atom stereocenters. The summed E-state index contributed by atoms with van der Waals surface area (Å²) in [7, 11) is 0. The Morgan fingerprint density at radius 2 is 2.25 bits per heavy atom. The molecule has 1 aromatic rings. The molecule has 0 radical (unpaired) electrons. The Bertz CT molecular complexity index is 365. The predicted molar refractivity (Wildman–Crippen MR) is 51.3 cm³/mol. The number of benzene rings is 1. The summed E-state index contributed by atoms with van der Waals surface area (Å²) >= 11 is 3.34. The van der Waals surface area contributed by atoms with Crippen LogP contribution in [0.25, 0.3) is 0 Å². The number of hydrogen-bond donors (Lipinski definition) is 0. The SMILES string of the molecule is N#CCC#Cc1cccc(Br)c1. The third kappa shape index (κ3) is 2.78. The van der Waals surface area contributed by atoms with Crippen LogP contribution in [0.1, 0.15) is 12.0 Å². The lowest BCUT2D eigenvalue weighted by molar-refractivity contribution is 1.39. The Hall–Kier alpha value is -1.25. The van der Waals surface area contributed by atoms with Crippen molar-refractivity contribution in [1.29, 1.82) is 5.26 Å². The number of nitriles is 1. The standard InChI is InChI=1S/C10H6BrN/c11-10-6-3-5-9(8-10)4-1-2-7-12/h3,5-6,8H,2H2. The summed E-state index contributed by atoms with van der Waals surface area (Å²) in [6.45, 7) is 0. The van der Waals surface area contributed by atoms with Crippen LogP contribution in [0.15, 0.2) is 28.7 Å². The van der Waals surface area contributed by atoms with Crippen LogP contribution in [0.2, 0.25) is 0 Å². The molecule has 0 aliphatic rings. The van der Waals surface area contributed by atoms with Gasteiger partial charge in [-0.15, -0.1) is 0 Å². The zero-order valence-corrected chi connectivity index (χ0v) is 7.93. The van der Waals surface area contributed by atoms with E-state index in [4.69, 9.17) is 5.26 Å².